The molecule has 2 heterocycles. The van der Waals surface area contributed by atoms with Crippen molar-refractivity contribution in [1.29, 1.82) is 0 Å². The largest absolute Gasteiger partial charge is 0.457 e. The number of epoxide rings is 1. The Morgan fingerprint density at radius 1 is 1.26 bits per heavy atom. The minimum Gasteiger partial charge on any atom is -0.457 e. The Morgan fingerprint density at radius 3 is 2.58 bits per heavy atom. The van der Waals surface area contributed by atoms with Gasteiger partial charge in [0, 0.05) is 25.2 Å². The zero-order chi connectivity index (χ0) is 28.6. The predicted octanol–water partition coefficient (Wildman–Crippen LogP) is 4.23. The van der Waals surface area contributed by atoms with Gasteiger partial charge in [-0.3, -0.25) is 14.4 Å². The molecule has 2 N–H and O–H groups in total. The summed E-state index contributed by atoms with van der Waals surface area (Å²) in [6.45, 7) is 12.5. The number of Topliss-reactive ketones (excluding diaryl/α,β-unsaturated/α-hetero) is 1. The predicted molar refractivity (Wildman–Crippen MR) is 144 cm³/mol. The van der Waals surface area contributed by atoms with E-state index in [0.717, 1.165) is 12.0 Å². The van der Waals surface area contributed by atoms with Gasteiger partial charge in [-0.1, -0.05) is 52.0 Å². The van der Waals surface area contributed by atoms with Gasteiger partial charge < -0.3 is 24.4 Å². The topological polar surface area (TPSA) is 123 Å². The molecular formula is C30H46O8. The molecule has 8 nitrogen and oxygen atoms in total. The van der Waals surface area contributed by atoms with Crippen LogP contribution in [0.5, 0.6) is 0 Å². The highest BCUT2D eigenvalue weighted by Crippen LogP contribution is 2.35. The van der Waals surface area contributed by atoms with Crippen LogP contribution in [0.4, 0.5) is 0 Å². The number of ether oxygens (including phenoxy) is 3. The lowest BCUT2D eigenvalue weighted by atomic mass is 9.88. The highest BCUT2D eigenvalue weighted by Gasteiger charge is 2.45. The lowest BCUT2D eigenvalue weighted by molar-refractivity contribution is -0.157. The molecule has 0 aromatic rings. The number of allylic oxidation sites excluding steroid dienone is 3. The number of aliphatic hydroxyl groups excluding tert-OH is 1. The van der Waals surface area contributed by atoms with Gasteiger partial charge >= 0.3 is 11.9 Å². The summed E-state index contributed by atoms with van der Waals surface area (Å²) in [5.41, 5.74) is -0.596. The Morgan fingerprint density at radius 2 is 1.95 bits per heavy atom. The van der Waals surface area contributed by atoms with Gasteiger partial charge in [0.2, 0.25) is 0 Å². The molecule has 0 spiro atoms. The van der Waals surface area contributed by atoms with E-state index < -0.39 is 35.9 Å². The van der Waals surface area contributed by atoms with Crippen LogP contribution in [0.25, 0.3) is 0 Å². The molecule has 9 unspecified atom stereocenters. The molecule has 8 heteroatoms. The van der Waals surface area contributed by atoms with Gasteiger partial charge in [0.15, 0.2) is 0 Å². The van der Waals surface area contributed by atoms with Crippen molar-refractivity contribution in [2.75, 3.05) is 0 Å². The van der Waals surface area contributed by atoms with Gasteiger partial charge in [-0.15, -0.1) is 0 Å². The van der Waals surface area contributed by atoms with Crippen molar-refractivity contribution in [3.8, 4) is 0 Å². The zero-order valence-corrected chi connectivity index (χ0v) is 23.9. The maximum absolute atomic E-state index is 12.6. The first kappa shape index (κ1) is 31.9. The number of esters is 2. The Balaban J connectivity index is 2.13. The number of aliphatic hydroxyl groups is 2. The summed E-state index contributed by atoms with van der Waals surface area (Å²) < 4.78 is 16.9. The number of cyclic esters (lactones) is 1. The Hall–Kier alpha value is -2.29. The van der Waals surface area contributed by atoms with Crippen LogP contribution in [-0.2, 0) is 28.6 Å². The molecule has 0 aliphatic carbocycles. The van der Waals surface area contributed by atoms with Gasteiger partial charge in [-0.25, -0.2) is 0 Å². The molecule has 0 aromatic heterocycles. The Bertz CT molecular complexity index is 917. The van der Waals surface area contributed by atoms with E-state index in [0.29, 0.717) is 6.42 Å². The Labute approximate surface area is 227 Å². The molecule has 38 heavy (non-hydrogen) atoms. The first-order valence-electron chi connectivity index (χ1n) is 13.7. The van der Waals surface area contributed by atoms with Crippen LogP contribution >= 0.6 is 0 Å². The van der Waals surface area contributed by atoms with Gasteiger partial charge in [-0.2, -0.15) is 0 Å². The molecule has 2 aliphatic heterocycles. The molecule has 9 atom stereocenters. The summed E-state index contributed by atoms with van der Waals surface area (Å²) >= 11 is 0. The molecule has 2 aliphatic rings. The number of rotatable bonds is 9. The van der Waals surface area contributed by atoms with Crippen molar-refractivity contribution in [2.45, 2.75) is 117 Å². The second-order valence-electron chi connectivity index (χ2n) is 11.2. The fraction of sp³-hybridized carbons (Fsp3) is 0.700. The summed E-state index contributed by atoms with van der Waals surface area (Å²) in [5, 5.41) is 21.3. The smallest absolute Gasteiger partial charge is 0.309 e. The zero-order valence-electron chi connectivity index (χ0n) is 23.9. The van der Waals surface area contributed by atoms with E-state index in [4.69, 9.17) is 14.2 Å². The van der Waals surface area contributed by atoms with Crippen molar-refractivity contribution in [3.63, 3.8) is 0 Å². The van der Waals surface area contributed by atoms with Crippen LogP contribution in [0.3, 0.4) is 0 Å². The minimum absolute atomic E-state index is 0.00536. The van der Waals surface area contributed by atoms with Crippen LogP contribution in [0, 0.1) is 17.8 Å². The summed E-state index contributed by atoms with van der Waals surface area (Å²) in [4.78, 5) is 36.2. The van der Waals surface area contributed by atoms with Crippen molar-refractivity contribution >= 4 is 17.7 Å². The summed E-state index contributed by atoms with van der Waals surface area (Å²) in [5.74, 6) is -0.938. The maximum Gasteiger partial charge on any atom is 0.309 e. The second kappa shape index (κ2) is 14.2. The number of carbonyl (C=O) groups excluding carboxylic acids is 3. The van der Waals surface area contributed by atoms with Crippen molar-refractivity contribution in [2.24, 2.45) is 17.8 Å². The average Bonchev–Trinajstić information content (AvgIpc) is 3.60. The Kier molecular flexibility index (Phi) is 11.9. The van der Waals surface area contributed by atoms with E-state index in [1.807, 2.05) is 39.8 Å². The first-order valence-corrected chi connectivity index (χ1v) is 13.7. The van der Waals surface area contributed by atoms with Gasteiger partial charge in [0.05, 0.1) is 24.7 Å². The second-order valence-corrected chi connectivity index (χ2v) is 11.2. The normalized spacial score (nSPS) is 35.4. The number of carbonyl (C=O) groups is 3. The van der Waals surface area contributed by atoms with Gasteiger partial charge in [-0.05, 0) is 50.7 Å². The molecule has 0 radical (unpaired) electrons. The maximum atomic E-state index is 12.6. The average molecular weight is 535 g/mol. The van der Waals surface area contributed by atoms with Gasteiger partial charge in [0.1, 0.15) is 23.6 Å². The van der Waals surface area contributed by atoms with Crippen molar-refractivity contribution in [3.05, 3.63) is 36.0 Å². The minimum atomic E-state index is -1.41. The SMILES string of the molecule is CCC(=O)C(C)C1OC1CC(C)/C=C/C=C(\C)C1OC(=O)CC(O)CCC(C)(O)C(OC(C)=O)/C=C\C1C. The van der Waals surface area contributed by atoms with E-state index in [1.165, 1.54) is 6.92 Å². The molecule has 0 amide bonds. The number of ketones is 1. The monoisotopic (exact) mass is 534 g/mol. The molecular weight excluding hydrogens is 488 g/mol. The molecule has 0 aromatic carbocycles. The standard InChI is InChI=1S/C30H46O8/c1-8-24(33)21(5)29-25(37-29)16-18(2)10-9-11-19(3)28-20(4)12-13-26(36-22(6)31)30(7,35)15-14-23(32)17-27(34)38-28/h9-13,18,20-21,23,25-26,28-29,32,35H,8,14-17H2,1-7H3/b10-9+,13-12-,19-11+. The van der Waals surface area contributed by atoms with E-state index in [-0.39, 0.29) is 55.0 Å². The quantitative estimate of drug-likeness (QED) is 0.195. The fourth-order valence-electron chi connectivity index (χ4n) is 4.86. The van der Waals surface area contributed by atoms with Crippen LogP contribution in [-0.4, -0.2) is 64.1 Å². The lowest BCUT2D eigenvalue weighted by Crippen LogP contribution is -2.42. The van der Waals surface area contributed by atoms with Crippen molar-refractivity contribution < 1.29 is 38.8 Å². The molecule has 1 fully saturated rings. The molecule has 2 rings (SSSR count). The van der Waals surface area contributed by atoms with Gasteiger partial charge in [0.25, 0.3) is 0 Å². The van der Waals surface area contributed by atoms with Crippen LogP contribution < -0.4 is 0 Å². The third-order valence-electron chi connectivity index (χ3n) is 7.44. The van der Waals surface area contributed by atoms with Crippen molar-refractivity contribution in [1.82, 2.24) is 0 Å². The molecule has 1 saturated heterocycles. The highest BCUT2D eigenvalue weighted by molar-refractivity contribution is 5.81. The van der Waals surface area contributed by atoms with Crippen LogP contribution in [0.15, 0.2) is 36.0 Å². The van der Waals surface area contributed by atoms with E-state index in [9.17, 15) is 24.6 Å². The summed E-state index contributed by atoms with van der Waals surface area (Å²) in [6, 6.07) is 0. The molecule has 0 bridgehead atoms. The summed E-state index contributed by atoms with van der Waals surface area (Å²) in [7, 11) is 0. The highest BCUT2D eigenvalue weighted by atomic mass is 16.6. The van der Waals surface area contributed by atoms with Crippen LogP contribution in [0.2, 0.25) is 0 Å². The summed E-state index contributed by atoms with van der Waals surface area (Å²) in [6.07, 6.45) is 8.35. The third kappa shape index (κ3) is 9.79. The third-order valence-corrected chi connectivity index (χ3v) is 7.44. The first-order chi connectivity index (χ1) is 17.7. The molecule has 214 valence electrons. The van der Waals surface area contributed by atoms with E-state index in [2.05, 4.69) is 13.0 Å². The number of hydrogen-bond acceptors (Lipinski definition) is 8. The molecule has 0 saturated carbocycles. The van der Waals surface area contributed by atoms with E-state index in [1.54, 1.807) is 19.1 Å². The van der Waals surface area contributed by atoms with Crippen LogP contribution in [0.1, 0.15) is 80.6 Å². The van der Waals surface area contributed by atoms with E-state index >= 15 is 0 Å². The fourth-order valence-corrected chi connectivity index (χ4v) is 4.86. The number of hydrogen-bond donors (Lipinski definition) is 2. The lowest BCUT2D eigenvalue weighted by Gasteiger charge is -2.32.